The number of morpholine rings is 1. The second-order valence-corrected chi connectivity index (χ2v) is 11.5. The lowest BCUT2D eigenvalue weighted by Crippen LogP contribution is -2.41. The fourth-order valence-electron chi connectivity index (χ4n) is 4.36. The summed E-state index contributed by atoms with van der Waals surface area (Å²) in [5.74, 6) is -0.171. The van der Waals surface area contributed by atoms with Gasteiger partial charge in [-0.2, -0.15) is 4.31 Å². The van der Waals surface area contributed by atoms with Crippen molar-refractivity contribution in [3.63, 3.8) is 0 Å². The van der Waals surface area contributed by atoms with Crippen LogP contribution in [0.15, 0.2) is 47.4 Å². The van der Waals surface area contributed by atoms with E-state index < -0.39 is 15.4 Å². The molecule has 2 aliphatic rings. The van der Waals surface area contributed by atoms with Crippen molar-refractivity contribution in [3.05, 3.63) is 53.6 Å². The van der Waals surface area contributed by atoms with E-state index >= 15 is 0 Å². The maximum atomic E-state index is 13.2. The molecule has 9 heteroatoms. The Morgan fingerprint density at radius 1 is 1.09 bits per heavy atom. The molecule has 0 saturated carbocycles. The van der Waals surface area contributed by atoms with Crippen molar-refractivity contribution in [2.75, 3.05) is 43.1 Å². The lowest BCUT2D eigenvalue weighted by atomic mass is 9.86. The highest BCUT2D eigenvalue weighted by Gasteiger charge is 2.45. The predicted octanol–water partition coefficient (Wildman–Crippen LogP) is 3.09. The minimum absolute atomic E-state index is 0.144. The quantitative estimate of drug-likeness (QED) is 0.678. The third-order valence-electron chi connectivity index (χ3n) is 6.48. The topological polar surface area (TPSA) is 96.0 Å². The number of hydrogen-bond acceptors (Lipinski definition) is 5. The number of nitrogens with one attached hydrogen (secondary N) is 1. The third-order valence-corrected chi connectivity index (χ3v) is 8.38. The van der Waals surface area contributed by atoms with E-state index in [1.165, 1.54) is 20.8 Å². The highest BCUT2D eigenvalue weighted by atomic mass is 32.2. The van der Waals surface area contributed by atoms with E-state index in [-0.39, 0.29) is 23.3 Å². The molecule has 0 aromatic heterocycles. The van der Waals surface area contributed by atoms with E-state index in [0.717, 1.165) is 0 Å². The Kier molecular flexibility index (Phi) is 6.54. The normalized spacial score (nSPS) is 18.3. The summed E-state index contributed by atoms with van der Waals surface area (Å²) in [5, 5.41) is 2.85. The van der Waals surface area contributed by atoms with Crippen molar-refractivity contribution in [1.82, 2.24) is 4.31 Å². The van der Waals surface area contributed by atoms with Crippen molar-refractivity contribution >= 4 is 33.2 Å². The van der Waals surface area contributed by atoms with E-state index in [0.29, 0.717) is 49.2 Å². The fourth-order valence-corrected chi connectivity index (χ4v) is 5.80. The monoisotopic (exact) mass is 485 g/mol. The molecule has 0 aliphatic carbocycles. The van der Waals surface area contributed by atoms with Gasteiger partial charge in [-0.15, -0.1) is 0 Å². The molecule has 34 heavy (non-hydrogen) atoms. The van der Waals surface area contributed by atoms with Gasteiger partial charge in [-0.1, -0.05) is 26.0 Å². The Morgan fingerprint density at radius 2 is 1.74 bits per heavy atom. The number of carbonyl (C=O) groups is 2. The van der Waals surface area contributed by atoms with Crippen LogP contribution in [0.1, 0.15) is 44.7 Å². The van der Waals surface area contributed by atoms with Gasteiger partial charge < -0.3 is 15.0 Å². The number of fused-ring (bicyclic) bond motifs is 1. The van der Waals surface area contributed by atoms with Gasteiger partial charge in [0.25, 0.3) is 0 Å². The minimum Gasteiger partial charge on any atom is -0.379 e. The Hall–Kier alpha value is -2.75. The first kappa shape index (κ1) is 24.4. The molecule has 2 aromatic rings. The van der Waals surface area contributed by atoms with E-state index in [4.69, 9.17) is 4.74 Å². The zero-order chi connectivity index (χ0) is 24.7. The molecule has 2 amide bonds. The third kappa shape index (κ3) is 4.47. The van der Waals surface area contributed by atoms with Crippen LogP contribution in [-0.2, 0) is 29.8 Å². The second kappa shape index (κ2) is 9.13. The van der Waals surface area contributed by atoms with Gasteiger partial charge in [-0.3, -0.25) is 9.59 Å². The molecule has 0 atom stereocenters. The zero-order valence-electron chi connectivity index (χ0n) is 20.0. The molecule has 1 saturated heterocycles. The van der Waals surface area contributed by atoms with Gasteiger partial charge in [0.1, 0.15) is 6.54 Å². The molecule has 2 aromatic carbocycles. The largest absolute Gasteiger partial charge is 0.379 e. The van der Waals surface area contributed by atoms with Crippen LogP contribution in [0, 0.1) is 0 Å². The molecule has 1 fully saturated rings. The summed E-state index contributed by atoms with van der Waals surface area (Å²) in [6, 6.07) is 12.3. The van der Waals surface area contributed by atoms with Crippen molar-refractivity contribution in [3.8, 4) is 0 Å². The van der Waals surface area contributed by atoms with Crippen LogP contribution in [0.2, 0.25) is 0 Å². The Balaban J connectivity index is 1.56. The lowest BCUT2D eigenvalue weighted by molar-refractivity contribution is -0.124. The smallest absolute Gasteiger partial charge is 0.244 e. The second-order valence-electron chi connectivity index (χ2n) is 9.54. The van der Waals surface area contributed by atoms with Crippen LogP contribution < -0.4 is 10.2 Å². The maximum absolute atomic E-state index is 13.2. The molecule has 2 heterocycles. The highest BCUT2D eigenvalue weighted by molar-refractivity contribution is 7.89. The van der Waals surface area contributed by atoms with Crippen LogP contribution in [0.5, 0.6) is 0 Å². The summed E-state index contributed by atoms with van der Waals surface area (Å²) >= 11 is 0. The number of benzene rings is 2. The SMILES string of the molecule is CC(C)c1ccc(NC(=O)CN2C(=O)C(C)(C)c3cc(S(=O)(=O)N4CCOCC4)ccc32)cc1. The van der Waals surface area contributed by atoms with Gasteiger partial charge in [-0.25, -0.2) is 8.42 Å². The van der Waals surface area contributed by atoms with Gasteiger partial charge in [0.2, 0.25) is 21.8 Å². The van der Waals surface area contributed by atoms with Gasteiger partial charge in [0, 0.05) is 24.5 Å². The maximum Gasteiger partial charge on any atom is 0.244 e. The number of hydrogen-bond donors (Lipinski definition) is 1. The van der Waals surface area contributed by atoms with Crippen molar-refractivity contribution < 1.29 is 22.7 Å². The Labute approximate surface area is 200 Å². The van der Waals surface area contributed by atoms with E-state index in [9.17, 15) is 18.0 Å². The van der Waals surface area contributed by atoms with Crippen LogP contribution in [0.25, 0.3) is 0 Å². The molecule has 4 rings (SSSR count). The Bertz CT molecular complexity index is 1200. The zero-order valence-corrected chi connectivity index (χ0v) is 20.8. The predicted molar refractivity (Wildman–Crippen MR) is 131 cm³/mol. The summed E-state index contributed by atoms with van der Waals surface area (Å²) in [6.45, 7) is 8.86. The molecule has 1 N–H and O–H groups in total. The van der Waals surface area contributed by atoms with Gasteiger partial charge >= 0.3 is 0 Å². The molecule has 8 nitrogen and oxygen atoms in total. The number of amides is 2. The minimum atomic E-state index is -3.70. The van der Waals surface area contributed by atoms with Crippen molar-refractivity contribution in [2.24, 2.45) is 0 Å². The summed E-state index contributed by atoms with van der Waals surface area (Å²) in [6.07, 6.45) is 0. The molecule has 0 bridgehead atoms. The number of rotatable bonds is 6. The number of ether oxygens (including phenoxy) is 1. The summed E-state index contributed by atoms with van der Waals surface area (Å²) < 4.78 is 32.9. The average Bonchev–Trinajstić information content (AvgIpc) is 3.00. The number of anilines is 2. The molecule has 0 radical (unpaired) electrons. The molecular weight excluding hydrogens is 454 g/mol. The number of nitrogens with zero attached hydrogens (tertiary/aromatic N) is 2. The fraction of sp³-hybridized carbons (Fsp3) is 0.440. The van der Waals surface area contributed by atoms with Crippen LogP contribution in [0.4, 0.5) is 11.4 Å². The van der Waals surface area contributed by atoms with Crippen molar-refractivity contribution in [2.45, 2.75) is 43.9 Å². The Morgan fingerprint density at radius 3 is 2.35 bits per heavy atom. The molecule has 0 spiro atoms. The van der Waals surface area contributed by atoms with Gasteiger partial charge in [0.05, 0.1) is 23.5 Å². The summed E-state index contributed by atoms with van der Waals surface area (Å²) in [7, 11) is -3.70. The molecular formula is C25H31N3O5S. The first-order chi connectivity index (χ1) is 16.0. The first-order valence-electron chi connectivity index (χ1n) is 11.5. The van der Waals surface area contributed by atoms with E-state index in [2.05, 4.69) is 19.2 Å². The molecule has 2 aliphatic heterocycles. The van der Waals surface area contributed by atoms with Crippen LogP contribution in [-0.4, -0.2) is 57.4 Å². The van der Waals surface area contributed by atoms with E-state index in [1.807, 2.05) is 24.3 Å². The lowest BCUT2D eigenvalue weighted by Gasteiger charge is -2.26. The number of sulfonamides is 1. The summed E-state index contributed by atoms with van der Waals surface area (Å²) in [5.41, 5.74) is 2.03. The van der Waals surface area contributed by atoms with Gasteiger partial charge in [-0.05, 0) is 61.2 Å². The highest BCUT2D eigenvalue weighted by Crippen LogP contribution is 2.42. The average molecular weight is 486 g/mol. The van der Waals surface area contributed by atoms with Gasteiger partial charge in [0.15, 0.2) is 0 Å². The molecule has 182 valence electrons. The van der Waals surface area contributed by atoms with Crippen LogP contribution >= 0.6 is 0 Å². The molecule has 0 unspecified atom stereocenters. The van der Waals surface area contributed by atoms with Crippen molar-refractivity contribution in [1.29, 1.82) is 0 Å². The van der Waals surface area contributed by atoms with E-state index in [1.54, 1.807) is 26.0 Å². The first-order valence-corrected chi connectivity index (χ1v) is 12.9. The standard InChI is InChI=1S/C25H31N3O5S/c1-17(2)18-5-7-19(8-6-18)26-23(29)16-28-22-10-9-20(15-21(22)25(3,4)24(28)30)34(31,32)27-11-13-33-14-12-27/h5-10,15,17H,11-14,16H2,1-4H3,(H,26,29). The van der Waals surface area contributed by atoms with Crippen LogP contribution in [0.3, 0.4) is 0 Å². The summed E-state index contributed by atoms with van der Waals surface area (Å²) in [4.78, 5) is 27.6. The number of carbonyl (C=O) groups excluding carboxylic acids is 2.